The van der Waals surface area contributed by atoms with Crippen LogP contribution in [0.4, 0.5) is 0 Å². The zero-order valence-corrected chi connectivity index (χ0v) is 6.14. The molecule has 0 spiro atoms. The first kappa shape index (κ1) is 7.08. The lowest BCUT2D eigenvalue weighted by atomic mass is 10.3. The second-order valence-electron chi connectivity index (χ2n) is 1.72. The zero-order chi connectivity index (χ0) is 7.56. The van der Waals surface area contributed by atoms with Crippen LogP contribution in [0.5, 0.6) is 0 Å². The molecule has 52 valence electrons. The number of thiazole rings is 1. The van der Waals surface area contributed by atoms with Gasteiger partial charge in [0.2, 0.25) is 5.78 Å². The van der Waals surface area contributed by atoms with Crippen molar-refractivity contribution >= 4 is 22.9 Å². The van der Waals surface area contributed by atoms with Crippen molar-refractivity contribution in [2.24, 2.45) is 0 Å². The molecule has 0 radical (unpaired) electrons. The highest BCUT2D eigenvalue weighted by Crippen LogP contribution is 2.04. The first-order chi connectivity index (χ1) is 4.72. The van der Waals surface area contributed by atoms with Crippen LogP contribution in [0, 0.1) is 0 Å². The predicted octanol–water partition coefficient (Wildman–Crippen LogP) is 0.915. The van der Waals surface area contributed by atoms with Gasteiger partial charge in [-0.3, -0.25) is 9.59 Å². The Balaban J connectivity index is 2.88. The number of carbonyl (C=O) groups is 2. The van der Waals surface area contributed by atoms with Crippen LogP contribution in [0.1, 0.15) is 16.7 Å². The third kappa shape index (κ3) is 1.27. The maximum absolute atomic E-state index is 10.8. The Hall–Kier alpha value is -1.03. The maximum Gasteiger partial charge on any atom is 0.256 e. The lowest BCUT2D eigenvalue weighted by molar-refractivity contribution is -0.113. The first-order valence-corrected chi connectivity index (χ1v) is 3.54. The van der Waals surface area contributed by atoms with Crippen molar-refractivity contribution < 1.29 is 9.59 Å². The molecule has 1 aromatic heterocycles. The Morgan fingerprint density at radius 2 is 2.30 bits per heavy atom. The molecule has 0 atom stereocenters. The summed E-state index contributed by atoms with van der Waals surface area (Å²) in [6.07, 6.45) is 1.50. The van der Waals surface area contributed by atoms with Crippen LogP contribution in [-0.2, 0) is 4.79 Å². The molecule has 0 amide bonds. The molecule has 0 N–H and O–H groups in total. The summed E-state index contributed by atoms with van der Waals surface area (Å²) in [7, 11) is 0. The SMILES string of the molecule is CC(=O)C(=O)c1nccs1. The van der Waals surface area contributed by atoms with Crippen LogP contribution in [0.3, 0.4) is 0 Å². The van der Waals surface area contributed by atoms with E-state index in [1.54, 1.807) is 5.38 Å². The van der Waals surface area contributed by atoms with E-state index < -0.39 is 11.6 Å². The number of nitrogens with zero attached hydrogens (tertiary/aromatic N) is 1. The first-order valence-electron chi connectivity index (χ1n) is 2.66. The Morgan fingerprint density at radius 3 is 2.70 bits per heavy atom. The maximum atomic E-state index is 10.8. The summed E-state index contributed by atoms with van der Waals surface area (Å²) in [4.78, 5) is 24.9. The minimum Gasteiger partial charge on any atom is -0.291 e. The van der Waals surface area contributed by atoms with Crippen molar-refractivity contribution in [1.82, 2.24) is 4.98 Å². The van der Waals surface area contributed by atoms with Gasteiger partial charge in [-0.1, -0.05) is 0 Å². The molecule has 1 aromatic rings. The molecule has 0 saturated carbocycles. The van der Waals surface area contributed by atoms with Gasteiger partial charge in [0, 0.05) is 18.5 Å². The molecule has 1 heterocycles. The fourth-order valence-corrected chi connectivity index (χ4v) is 1.11. The largest absolute Gasteiger partial charge is 0.291 e. The number of carbonyl (C=O) groups excluding carboxylic acids is 2. The van der Waals surface area contributed by atoms with E-state index in [0.717, 1.165) is 0 Å². The summed E-state index contributed by atoms with van der Waals surface area (Å²) < 4.78 is 0. The average molecular weight is 155 g/mol. The average Bonchev–Trinajstić information content (AvgIpc) is 2.36. The Kier molecular flexibility index (Phi) is 1.91. The van der Waals surface area contributed by atoms with Gasteiger partial charge in [0.1, 0.15) is 0 Å². The van der Waals surface area contributed by atoms with E-state index in [2.05, 4.69) is 4.98 Å². The normalized spacial score (nSPS) is 9.30. The second-order valence-corrected chi connectivity index (χ2v) is 2.62. The molecule has 0 aliphatic heterocycles. The van der Waals surface area contributed by atoms with E-state index in [1.807, 2.05) is 0 Å². The van der Waals surface area contributed by atoms with E-state index in [4.69, 9.17) is 0 Å². The fourth-order valence-electron chi connectivity index (χ4n) is 0.486. The fraction of sp³-hybridized carbons (Fsp3) is 0.167. The Labute approximate surface area is 61.7 Å². The highest BCUT2D eigenvalue weighted by Gasteiger charge is 2.12. The van der Waals surface area contributed by atoms with Gasteiger partial charge in [-0.15, -0.1) is 11.3 Å². The summed E-state index contributed by atoms with van der Waals surface area (Å²) in [5, 5.41) is 1.93. The molecule has 0 aliphatic rings. The number of aromatic nitrogens is 1. The predicted molar refractivity (Wildman–Crippen MR) is 37.1 cm³/mol. The van der Waals surface area contributed by atoms with E-state index >= 15 is 0 Å². The van der Waals surface area contributed by atoms with Gasteiger partial charge in [0.25, 0.3) is 5.78 Å². The Bertz CT molecular complexity index is 253. The molecule has 0 aliphatic carbocycles. The number of rotatable bonds is 2. The standard InChI is InChI=1S/C6H5NO2S/c1-4(8)5(9)6-7-2-3-10-6/h2-3H,1H3. The number of hydrogen-bond acceptors (Lipinski definition) is 4. The summed E-state index contributed by atoms with van der Waals surface area (Å²) >= 11 is 1.18. The molecule has 0 fully saturated rings. The topological polar surface area (TPSA) is 47.0 Å². The van der Waals surface area contributed by atoms with Gasteiger partial charge in [-0.05, 0) is 0 Å². The van der Waals surface area contributed by atoms with Crippen molar-refractivity contribution in [3.05, 3.63) is 16.6 Å². The van der Waals surface area contributed by atoms with Crippen molar-refractivity contribution in [3.8, 4) is 0 Å². The highest BCUT2D eigenvalue weighted by molar-refractivity contribution is 7.12. The van der Waals surface area contributed by atoms with Gasteiger partial charge < -0.3 is 0 Å². The quantitative estimate of drug-likeness (QED) is 0.471. The molecule has 0 aromatic carbocycles. The molecule has 3 nitrogen and oxygen atoms in total. The van der Waals surface area contributed by atoms with E-state index in [-0.39, 0.29) is 5.01 Å². The highest BCUT2D eigenvalue weighted by atomic mass is 32.1. The minimum absolute atomic E-state index is 0.271. The molecule has 0 bridgehead atoms. The molecule has 0 saturated heterocycles. The lowest BCUT2D eigenvalue weighted by Gasteiger charge is -1.84. The van der Waals surface area contributed by atoms with Crippen LogP contribution in [-0.4, -0.2) is 16.6 Å². The molecule has 0 unspecified atom stereocenters. The zero-order valence-electron chi connectivity index (χ0n) is 5.33. The molecular formula is C6H5NO2S. The number of Topliss-reactive ketones (excluding diaryl/α,β-unsaturated/α-hetero) is 2. The van der Waals surface area contributed by atoms with E-state index in [1.165, 1.54) is 24.5 Å². The van der Waals surface area contributed by atoms with Gasteiger partial charge in [-0.2, -0.15) is 0 Å². The lowest BCUT2D eigenvalue weighted by Crippen LogP contribution is -2.08. The molecule has 4 heteroatoms. The van der Waals surface area contributed by atoms with E-state index in [0.29, 0.717) is 0 Å². The number of hydrogen-bond donors (Lipinski definition) is 0. The van der Waals surface area contributed by atoms with Crippen molar-refractivity contribution in [2.75, 3.05) is 0 Å². The third-order valence-corrected chi connectivity index (χ3v) is 1.72. The summed E-state index contributed by atoms with van der Waals surface area (Å²) in [5.74, 6) is -0.968. The molecule has 1 rings (SSSR count). The van der Waals surface area contributed by atoms with Crippen LogP contribution in [0.25, 0.3) is 0 Å². The molecular weight excluding hydrogens is 150 g/mol. The van der Waals surface area contributed by atoms with Crippen LogP contribution >= 0.6 is 11.3 Å². The van der Waals surface area contributed by atoms with Gasteiger partial charge in [0.15, 0.2) is 5.01 Å². The van der Waals surface area contributed by atoms with Crippen molar-refractivity contribution in [2.45, 2.75) is 6.92 Å². The van der Waals surface area contributed by atoms with Gasteiger partial charge in [-0.25, -0.2) is 4.98 Å². The van der Waals surface area contributed by atoms with Gasteiger partial charge >= 0.3 is 0 Å². The monoisotopic (exact) mass is 155 g/mol. The summed E-state index contributed by atoms with van der Waals surface area (Å²) in [5.41, 5.74) is 0. The van der Waals surface area contributed by atoms with Crippen LogP contribution in [0.2, 0.25) is 0 Å². The second kappa shape index (κ2) is 2.70. The molecule has 10 heavy (non-hydrogen) atoms. The van der Waals surface area contributed by atoms with Crippen molar-refractivity contribution in [3.63, 3.8) is 0 Å². The Morgan fingerprint density at radius 1 is 1.60 bits per heavy atom. The van der Waals surface area contributed by atoms with Crippen LogP contribution in [0.15, 0.2) is 11.6 Å². The van der Waals surface area contributed by atoms with E-state index in [9.17, 15) is 9.59 Å². The van der Waals surface area contributed by atoms with Crippen molar-refractivity contribution in [1.29, 1.82) is 0 Å². The summed E-state index contributed by atoms with van der Waals surface area (Å²) in [6.45, 7) is 1.24. The third-order valence-electron chi connectivity index (χ3n) is 0.946. The van der Waals surface area contributed by atoms with Crippen LogP contribution < -0.4 is 0 Å². The van der Waals surface area contributed by atoms with Gasteiger partial charge in [0.05, 0.1) is 0 Å². The smallest absolute Gasteiger partial charge is 0.256 e. The minimum atomic E-state index is -0.505. The summed E-state index contributed by atoms with van der Waals surface area (Å²) in [6, 6.07) is 0. The number of ketones is 2.